The molecule has 0 saturated heterocycles. The molecule has 0 fully saturated rings. The molecule has 3 aromatic carbocycles. The van der Waals surface area contributed by atoms with Gasteiger partial charge in [0.25, 0.3) is 15.9 Å². The van der Waals surface area contributed by atoms with Crippen molar-refractivity contribution in [3.05, 3.63) is 94.5 Å². The summed E-state index contributed by atoms with van der Waals surface area (Å²) in [5, 5.41) is 3.06. The SMILES string of the molecule is CCC(NC(=O)c1cccc(NS(=O)(=O)c2ccc(C)cc2)c1)c1ccc(C)c(C)c1. The van der Waals surface area contributed by atoms with Gasteiger partial charge in [0.1, 0.15) is 0 Å². The summed E-state index contributed by atoms with van der Waals surface area (Å²) >= 11 is 0. The molecule has 1 atom stereocenters. The molecule has 0 aliphatic carbocycles. The van der Waals surface area contributed by atoms with Gasteiger partial charge in [0, 0.05) is 11.3 Å². The first-order valence-electron chi connectivity index (χ1n) is 10.3. The Labute approximate surface area is 184 Å². The van der Waals surface area contributed by atoms with E-state index in [4.69, 9.17) is 0 Å². The highest BCUT2D eigenvalue weighted by atomic mass is 32.2. The summed E-state index contributed by atoms with van der Waals surface area (Å²) in [4.78, 5) is 13.1. The number of anilines is 1. The Bertz CT molecular complexity index is 1190. The molecule has 31 heavy (non-hydrogen) atoms. The van der Waals surface area contributed by atoms with E-state index >= 15 is 0 Å². The number of hydrogen-bond donors (Lipinski definition) is 2. The van der Waals surface area contributed by atoms with Gasteiger partial charge >= 0.3 is 0 Å². The second-order valence-corrected chi connectivity index (χ2v) is 9.46. The van der Waals surface area contributed by atoms with Crippen molar-refractivity contribution in [1.82, 2.24) is 5.32 Å². The van der Waals surface area contributed by atoms with E-state index in [9.17, 15) is 13.2 Å². The Morgan fingerprint density at radius 3 is 2.26 bits per heavy atom. The van der Waals surface area contributed by atoms with Crippen LogP contribution >= 0.6 is 0 Å². The Balaban J connectivity index is 1.77. The van der Waals surface area contributed by atoms with Gasteiger partial charge in [-0.15, -0.1) is 0 Å². The quantitative estimate of drug-likeness (QED) is 0.528. The minimum atomic E-state index is -3.73. The van der Waals surface area contributed by atoms with E-state index in [1.54, 1.807) is 48.5 Å². The molecule has 0 aromatic heterocycles. The highest BCUT2D eigenvalue weighted by Crippen LogP contribution is 2.22. The first-order valence-corrected chi connectivity index (χ1v) is 11.8. The van der Waals surface area contributed by atoms with Crippen molar-refractivity contribution in [3.8, 4) is 0 Å². The highest BCUT2D eigenvalue weighted by molar-refractivity contribution is 7.92. The lowest BCUT2D eigenvalue weighted by Gasteiger charge is -2.19. The fraction of sp³-hybridized carbons (Fsp3) is 0.240. The van der Waals surface area contributed by atoms with E-state index in [0.29, 0.717) is 11.3 Å². The largest absolute Gasteiger partial charge is 0.345 e. The van der Waals surface area contributed by atoms with Crippen LogP contribution in [0.1, 0.15) is 52.0 Å². The zero-order chi connectivity index (χ0) is 22.6. The van der Waals surface area contributed by atoms with Gasteiger partial charge in [-0.3, -0.25) is 9.52 Å². The summed E-state index contributed by atoms with van der Waals surface area (Å²) in [6, 6.07) is 19.2. The Morgan fingerprint density at radius 2 is 1.61 bits per heavy atom. The topological polar surface area (TPSA) is 75.3 Å². The molecule has 0 spiro atoms. The number of carbonyl (C=O) groups is 1. The number of sulfonamides is 1. The van der Waals surface area contributed by atoms with Crippen molar-refractivity contribution < 1.29 is 13.2 Å². The van der Waals surface area contributed by atoms with Crippen molar-refractivity contribution >= 4 is 21.6 Å². The lowest BCUT2D eigenvalue weighted by molar-refractivity contribution is 0.0935. The number of aryl methyl sites for hydroxylation is 3. The van der Waals surface area contributed by atoms with Crippen LogP contribution in [0.5, 0.6) is 0 Å². The molecule has 0 heterocycles. The number of carbonyl (C=O) groups excluding carboxylic acids is 1. The molecule has 5 nitrogen and oxygen atoms in total. The van der Waals surface area contributed by atoms with Crippen LogP contribution in [0, 0.1) is 20.8 Å². The third kappa shape index (κ3) is 5.52. The van der Waals surface area contributed by atoms with Crippen LogP contribution in [0.3, 0.4) is 0 Å². The van der Waals surface area contributed by atoms with Crippen LogP contribution in [0.4, 0.5) is 5.69 Å². The summed E-state index contributed by atoms with van der Waals surface area (Å²) in [6.07, 6.45) is 0.744. The fourth-order valence-electron chi connectivity index (χ4n) is 3.30. The predicted molar refractivity (Wildman–Crippen MR) is 125 cm³/mol. The molecule has 3 aromatic rings. The average molecular weight is 437 g/mol. The monoisotopic (exact) mass is 436 g/mol. The molecule has 1 amide bonds. The van der Waals surface area contributed by atoms with Gasteiger partial charge in [-0.2, -0.15) is 0 Å². The molecule has 0 aliphatic heterocycles. The number of benzene rings is 3. The van der Waals surface area contributed by atoms with Crippen molar-refractivity contribution in [1.29, 1.82) is 0 Å². The Morgan fingerprint density at radius 1 is 0.903 bits per heavy atom. The van der Waals surface area contributed by atoms with E-state index < -0.39 is 10.0 Å². The van der Waals surface area contributed by atoms with Crippen LogP contribution in [0.25, 0.3) is 0 Å². The van der Waals surface area contributed by atoms with E-state index in [-0.39, 0.29) is 16.8 Å². The summed E-state index contributed by atoms with van der Waals surface area (Å²) in [5.41, 5.74) is 5.15. The summed E-state index contributed by atoms with van der Waals surface area (Å²) in [5.74, 6) is -0.249. The molecule has 1 unspecified atom stereocenters. The second kappa shape index (κ2) is 9.35. The fourth-order valence-corrected chi connectivity index (χ4v) is 4.35. The number of hydrogen-bond acceptors (Lipinski definition) is 3. The number of rotatable bonds is 7. The third-order valence-electron chi connectivity index (χ3n) is 5.36. The predicted octanol–water partition coefficient (Wildman–Crippen LogP) is 5.29. The van der Waals surface area contributed by atoms with Gasteiger partial charge in [0.2, 0.25) is 0 Å². The molecular weight excluding hydrogens is 408 g/mol. The zero-order valence-electron chi connectivity index (χ0n) is 18.3. The lowest BCUT2D eigenvalue weighted by Crippen LogP contribution is -2.28. The van der Waals surface area contributed by atoms with Gasteiger partial charge < -0.3 is 5.32 Å². The standard InChI is InChI=1S/C25H28N2O3S/c1-5-24(20-12-11-18(3)19(4)15-20)26-25(28)21-7-6-8-22(16-21)27-31(29,30)23-13-9-17(2)10-14-23/h6-16,24,27H,5H2,1-4H3,(H,26,28). The second-order valence-electron chi connectivity index (χ2n) is 7.78. The summed E-state index contributed by atoms with van der Waals surface area (Å²) in [6.45, 7) is 8.03. The van der Waals surface area contributed by atoms with E-state index in [1.165, 1.54) is 11.1 Å². The van der Waals surface area contributed by atoms with Crippen LogP contribution < -0.4 is 10.0 Å². The summed E-state index contributed by atoms with van der Waals surface area (Å²) < 4.78 is 27.9. The smallest absolute Gasteiger partial charge is 0.261 e. The number of amides is 1. The van der Waals surface area contributed by atoms with Gasteiger partial charge in [0.05, 0.1) is 10.9 Å². The van der Waals surface area contributed by atoms with Crippen LogP contribution in [-0.2, 0) is 10.0 Å². The average Bonchev–Trinajstić information content (AvgIpc) is 2.74. The number of nitrogens with one attached hydrogen (secondary N) is 2. The first-order chi connectivity index (χ1) is 14.7. The van der Waals surface area contributed by atoms with Crippen LogP contribution in [0.2, 0.25) is 0 Å². The van der Waals surface area contributed by atoms with Crippen molar-refractivity contribution in [2.75, 3.05) is 4.72 Å². The molecule has 0 aliphatic rings. The summed E-state index contributed by atoms with van der Waals surface area (Å²) in [7, 11) is -3.73. The van der Waals surface area contributed by atoms with Gasteiger partial charge in [-0.25, -0.2) is 8.42 Å². The lowest BCUT2D eigenvalue weighted by atomic mass is 9.99. The molecular formula is C25H28N2O3S. The first kappa shape index (κ1) is 22.6. The Hall–Kier alpha value is -3.12. The third-order valence-corrected chi connectivity index (χ3v) is 6.75. The minimum Gasteiger partial charge on any atom is -0.345 e. The molecule has 0 bridgehead atoms. The highest BCUT2D eigenvalue weighted by Gasteiger charge is 2.17. The molecule has 2 N–H and O–H groups in total. The van der Waals surface area contributed by atoms with Crippen LogP contribution in [0.15, 0.2) is 71.6 Å². The maximum Gasteiger partial charge on any atom is 0.261 e. The molecule has 162 valence electrons. The normalized spacial score (nSPS) is 12.3. The van der Waals surface area contributed by atoms with Gasteiger partial charge in [-0.05, 0) is 74.2 Å². The maximum absolute atomic E-state index is 12.9. The van der Waals surface area contributed by atoms with Gasteiger partial charge in [-0.1, -0.05) is 48.9 Å². The Kier molecular flexibility index (Phi) is 6.81. The van der Waals surface area contributed by atoms with Crippen molar-refractivity contribution in [2.45, 2.75) is 45.1 Å². The minimum absolute atomic E-state index is 0.125. The van der Waals surface area contributed by atoms with E-state index in [1.807, 2.05) is 19.9 Å². The van der Waals surface area contributed by atoms with Gasteiger partial charge in [0.15, 0.2) is 0 Å². The molecule has 6 heteroatoms. The van der Waals surface area contributed by atoms with Crippen molar-refractivity contribution in [3.63, 3.8) is 0 Å². The van der Waals surface area contributed by atoms with E-state index in [2.05, 4.69) is 36.0 Å². The van der Waals surface area contributed by atoms with Crippen molar-refractivity contribution in [2.24, 2.45) is 0 Å². The molecule has 0 radical (unpaired) electrons. The molecule has 0 saturated carbocycles. The maximum atomic E-state index is 12.9. The van der Waals surface area contributed by atoms with E-state index in [0.717, 1.165) is 17.5 Å². The zero-order valence-corrected chi connectivity index (χ0v) is 19.1. The van der Waals surface area contributed by atoms with Crippen LogP contribution in [-0.4, -0.2) is 14.3 Å². The molecule has 3 rings (SSSR count).